The molecule has 3 heterocycles. The van der Waals surface area contributed by atoms with Crippen molar-refractivity contribution < 1.29 is 9.59 Å². The van der Waals surface area contributed by atoms with Crippen LogP contribution in [0.1, 0.15) is 61.9 Å². The van der Waals surface area contributed by atoms with Crippen LogP contribution >= 0.6 is 0 Å². The maximum Gasteiger partial charge on any atom is 0.271 e. The second-order valence-corrected chi connectivity index (χ2v) is 8.75. The second kappa shape index (κ2) is 6.03. The van der Waals surface area contributed by atoms with Gasteiger partial charge in [0.05, 0.1) is 0 Å². The average molecular weight is 354 g/mol. The molecule has 6 nitrogen and oxygen atoms in total. The van der Waals surface area contributed by atoms with Gasteiger partial charge < -0.3 is 10.2 Å². The Labute approximate surface area is 153 Å². The number of hydrogen-bond acceptors (Lipinski definition) is 4. The van der Waals surface area contributed by atoms with E-state index < -0.39 is 0 Å². The molecular formula is C20H26N4O2. The van der Waals surface area contributed by atoms with E-state index in [0.29, 0.717) is 36.1 Å². The molecule has 26 heavy (non-hydrogen) atoms. The van der Waals surface area contributed by atoms with Gasteiger partial charge in [0.15, 0.2) is 5.69 Å². The Morgan fingerprint density at radius 2 is 2.08 bits per heavy atom. The van der Waals surface area contributed by atoms with Crippen molar-refractivity contribution in [3.63, 3.8) is 0 Å². The second-order valence-electron chi connectivity index (χ2n) is 8.75. The van der Waals surface area contributed by atoms with Gasteiger partial charge >= 0.3 is 0 Å². The lowest BCUT2D eigenvalue weighted by Crippen LogP contribution is -2.46. The summed E-state index contributed by atoms with van der Waals surface area (Å²) in [6.07, 6.45) is 10.6. The third kappa shape index (κ3) is 2.45. The summed E-state index contributed by atoms with van der Waals surface area (Å²) in [6, 6.07) is 4.09. The number of rotatable bonds is 4. The molecule has 4 bridgehead atoms. The van der Waals surface area contributed by atoms with Crippen LogP contribution in [0.15, 0.2) is 18.3 Å². The molecule has 5 rings (SSSR count). The summed E-state index contributed by atoms with van der Waals surface area (Å²) in [7, 11) is 0. The van der Waals surface area contributed by atoms with E-state index in [1.54, 1.807) is 18.3 Å². The van der Waals surface area contributed by atoms with Crippen LogP contribution < -0.4 is 5.32 Å². The van der Waals surface area contributed by atoms with Gasteiger partial charge in [-0.15, -0.1) is 5.10 Å². The first-order chi connectivity index (χ1) is 12.7. The third-order valence-electron chi connectivity index (χ3n) is 7.42. The van der Waals surface area contributed by atoms with Gasteiger partial charge in [0.2, 0.25) is 5.91 Å². The molecule has 4 aliphatic rings. The Morgan fingerprint density at radius 1 is 1.23 bits per heavy atom. The van der Waals surface area contributed by atoms with E-state index in [4.69, 9.17) is 0 Å². The molecule has 4 fully saturated rings. The van der Waals surface area contributed by atoms with Crippen LogP contribution in [0.3, 0.4) is 0 Å². The number of hydrogen-bond donors (Lipinski definition) is 1. The first kappa shape index (κ1) is 16.2. The molecule has 6 heteroatoms. The topological polar surface area (TPSA) is 75.2 Å². The summed E-state index contributed by atoms with van der Waals surface area (Å²) >= 11 is 0. The van der Waals surface area contributed by atoms with Gasteiger partial charge in [-0.2, -0.15) is 5.10 Å². The van der Waals surface area contributed by atoms with E-state index >= 15 is 0 Å². The predicted molar refractivity (Wildman–Crippen MR) is 95.1 cm³/mol. The minimum absolute atomic E-state index is 0.0384. The molecule has 3 atom stereocenters. The molecule has 3 unspecified atom stereocenters. The fourth-order valence-corrected chi connectivity index (χ4v) is 6.15. The van der Waals surface area contributed by atoms with E-state index in [-0.39, 0.29) is 11.3 Å². The highest BCUT2D eigenvalue weighted by molar-refractivity contribution is 5.92. The van der Waals surface area contributed by atoms with E-state index in [1.807, 2.05) is 0 Å². The Morgan fingerprint density at radius 3 is 2.77 bits per heavy atom. The molecule has 0 spiro atoms. The van der Waals surface area contributed by atoms with Gasteiger partial charge in [0.1, 0.15) is 0 Å². The highest BCUT2D eigenvalue weighted by Crippen LogP contribution is 2.57. The van der Waals surface area contributed by atoms with E-state index in [2.05, 4.69) is 20.4 Å². The summed E-state index contributed by atoms with van der Waals surface area (Å²) in [6.45, 7) is 0.621. The molecule has 0 aromatic carbocycles. The van der Waals surface area contributed by atoms with Crippen molar-refractivity contribution in [1.82, 2.24) is 20.4 Å². The largest absolute Gasteiger partial charge is 0.350 e. The summed E-state index contributed by atoms with van der Waals surface area (Å²) < 4.78 is 0. The first-order valence-corrected chi connectivity index (χ1v) is 10.0. The Bertz CT molecular complexity index is 714. The average Bonchev–Trinajstić information content (AvgIpc) is 3.46. The van der Waals surface area contributed by atoms with Crippen LogP contribution in [0.5, 0.6) is 0 Å². The van der Waals surface area contributed by atoms with Crippen LogP contribution in [0.25, 0.3) is 0 Å². The number of carbonyl (C=O) groups excluding carboxylic acids is 2. The summed E-state index contributed by atoms with van der Waals surface area (Å²) in [5, 5.41) is 10.6. The Hall–Kier alpha value is -1.98. The van der Waals surface area contributed by atoms with Crippen molar-refractivity contribution >= 4 is 11.8 Å². The van der Waals surface area contributed by atoms with E-state index in [0.717, 1.165) is 44.4 Å². The minimum Gasteiger partial charge on any atom is -0.350 e. The number of aromatic nitrogens is 2. The number of nitrogens with zero attached hydrogens (tertiary/aromatic N) is 3. The van der Waals surface area contributed by atoms with Crippen LogP contribution in [-0.2, 0) is 4.79 Å². The number of fused-ring (bicyclic) bond motifs is 4. The lowest BCUT2D eigenvalue weighted by molar-refractivity contribution is -0.143. The highest BCUT2D eigenvalue weighted by atomic mass is 16.2. The van der Waals surface area contributed by atoms with Crippen molar-refractivity contribution in [2.75, 3.05) is 6.54 Å². The number of carbonyl (C=O) groups is 2. The van der Waals surface area contributed by atoms with Gasteiger partial charge in [-0.05, 0) is 75.3 Å². The van der Waals surface area contributed by atoms with Crippen LogP contribution in [0.2, 0.25) is 0 Å². The SMILES string of the molecule is O=C(NCC1CC2CCC1N2C(=O)C12CCC(CC1)C2)c1cccnn1. The van der Waals surface area contributed by atoms with Crippen LogP contribution in [0, 0.1) is 17.3 Å². The quantitative estimate of drug-likeness (QED) is 0.899. The Balaban J connectivity index is 1.25. The van der Waals surface area contributed by atoms with Crippen LogP contribution in [-0.4, -0.2) is 45.5 Å². The number of nitrogens with one attached hydrogen (secondary N) is 1. The van der Waals surface area contributed by atoms with Crippen molar-refractivity contribution in [1.29, 1.82) is 0 Å². The summed E-state index contributed by atoms with van der Waals surface area (Å²) in [4.78, 5) is 27.9. The summed E-state index contributed by atoms with van der Waals surface area (Å²) in [5.74, 6) is 1.43. The molecule has 2 saturated heterocycles. The van der Waals surface area contributed by atoms with E-state index in [1.165, 1.54) is 12.8 Å². The molecule has 1 aromatic heterocycles. The fourth-order valence-electron chi connectivity index (χ4n) is 6.15. The number of amides is 2. The molecule has 2 aliphatic heterocycles. The van der Waals surface area contributed by atoms with Gasteiger partial charge in [-0.25, -0.2) is 0 Å². The first-order valence-electron chi connectivity index (χ1n) is 10.0. The van der Waals surface area contributed by atoms with Gasteiger partial charge in [-0.1, -0.05) is 0 Å². The zero-order chi connectivity index (χ0) is 17.7. The molecule has 2 amide bonds. The lowest BCUT2D eigenvalue weighted by atomic mass is 9.82. The monoisotopic (exact) mass is 354 g/mol. The summed E-state index contributed by atoms with van der Waals surface area (Å²) in [5.41, 5.74) is 0.314. The smallest absolute Gasteiger partial charge is 0.271 e. The zero-order valence-electron chi connectivity index (χ0n) is 15.1. The van der Waals surface area contributed by atoms with Crippen molar-refractivity contribution in [2.24, 2.45) is 17.3 Å². The lowest BCUT2D eigenvalue weighted by Gasteiger charge is -2.34. The third-order valence-corrected chi connectivity index (χ3v) is 7.42. The predicted octanol–water partition coefficient (Wildman–Crippen LogP) is 2.17. The zero-order valence-corrected chi connectivity index (χ0v) is 15.1. The van der Waals surface area contributed by atoms with Gasteiger partial charge in [0.25, 0.3) is 5.91 Å². The van der Waals surface area contributed by atoms with Gasteiger partial charge in [0, 0.05) is 30.2 Å². The molecule has 2 aliphatic carbocycles. The normalized spacial score (nSPS) is 37.3. The molecule has 2 saturated carbocycles. The Kier molecular flexibility index (Phi) is 3.76. The standard InChI is InChI=1S/C20H26N4O2/c25-18(16-2-1-9-22-23-16)21-12-14-10-15-3-4-17(14)24(15)19(26)20-7-5-13(11-20)6-8-20/h1-2,9,13-15,17H,3-8,10-12H2,(H,21,25). The highest BCUT2D eigenvalue weighted by Gasteiger charge is 2.57. The molecule has 138 valence electrons. The van der Waals surface area contributed by atoms with Crippen molar-refractivity contribution in [3.8, 4) is 0 Å². The molecule has 1 aromatic rings. The maximum atomic E-state index is 13.4. The maximum absolute atomic E-state index is 13.4. The minimum atomic E-state index is -0.174. The van der Waals surface area contributed by atoms with Crippen molar-refractivity contribution in [2.45, 2.75) is 63.5 Å². The van der Waals surface area contributed by atoms with Crippen LogP contribution in [0.4, 0.5) is 0 Å². The van der Waals surface area contributed by atoms with Gasteiger partial charge in [-0.3, -0.25) is 9.59 Å². The molecular weight excluding hydrogens is 328 g/mol. The molecule has 0 radical (unpaired) electrons. The van der Waals surface area contributed by atoms with E-state index in [9.17, 15) is 9.59 Å². The molecule has 1 N–H and O–H groups in total. The van der Waals surface area contributed by atoms with Crippen molar-refractivity contribution in [3.05, 3.63) is 24.0 Å². The fraction of sp³-hybridized carbons (Fsp3) is 0.700.